The number of carbonyl (C=O) groups is 2. The average molecular weight is 696 g/mol. The summed E-state index contributed by atoms with van der Waals surface area (Å²) >= 11 is 0. The van der Waals surface area contributed by atoms with Crippen molar-refractivity contribution in [3.8, 4) is 5.75 Å². The van der Waals surface area contributed by atoms with Crippen molar-refractivity contribution in [1.29, 1.82) is 0 Å². The maximum absolute atomic E-state index is 14.4. The number of hydrogen-bond donors (Lipinski definition) is 3. The number of sulfonamides is 1. The number of fused-ring (bicyclic) bond motifs is 1. The highest BCUT2D eigenvalue weighted by Crippen LogP contribution is 2.29. The Balaban J connectivity index is 1.62. The third kappa shape index (κ3) is 10.5. The molecule has 0 spiro atoms. The summed E-state index contributed by atoms with van der Waals surface area (Å²) in [4.78, 5) is 29.5. The zero-order valence-corrected chi connectivity index (χ0v) is 29.8. The summed E-state index contributed by atoms with van der Waals surface area (Å²) in [5.74, 6) is -1.17. The van der Waals surface area contributed by atoms with E-state index in [4.69, 9.17) is 9.47 Å². The molecule has 266 valence electrons. The predicted molar refractivity (Wildman–Crippen MR) is 189 cm³/mol. The van der Waals surface area contributed by atoms with Crippen molar-refractivity contribution in [2.24, 2.45) is 5.92 Å². The monoisotopic (exact) mass is 695 g/mol. The Kier molecular flexibility index (Phi) is 13.2. The zero-order chi connectivity index (χ0) is 35.7. The summed E-state index contributed by atoms with van der Waals surface area (Å²) < 4.78 is 41.8. The van der Waals surface area contributed by atoms with Crippen LogP contribution in [0.5, 0.6) is 5.75 Å². The number of amides is 1. The second-order valence-electron chi connectivity index (χ2n) is 13.1. The number of carbonyl (C=O) groups excluding carboxylic acids is 1. The van der Waals surface area contributed by atoms with Gasteiger partial charge >= 0.3 is 5.97 Å². The first-order valence-corrected chi connectivity index (χ1v) is 18.2. The lowest BCUT2D eigenvalue weighted by atomic mass is 10.0. The van der Waals surface area contributed by atoms with E-state index in [-0.39, 0.29) is 53.0 Å². The number of aliphatic hydroxyl groups excluding tert-OH is 1. The summed E-state index contributed by atoms with van der Waals surface area (Å²) in [6.45, 7) is 9.25. The molecule has 0 unspecified atom stereocenters. The van der Waals surface area contributed by atoms with Crippen LogP contribution in [-0.4, -0.2) is 91.9 Å². The molecule has 3 aromatic rings. The minimum atomic E-state index is -3.93. The van der Waals surface area contributed by atoms with Crippen molar-refractivity contribution in [2.45, 2.75) is 76.6 Å². The number of aryl methyl sites for hydroxylation is 1. The number of anilines is 1. The molecule has 1 aliphatic heterocycles. The molecule has 1 heterocycles. The molecule has 4 rings (SSSR count). The number of aliphatic hydroxyl groups is 1. The molecule has 1 amide bonds. The molecule has 11 nitrogen and oxygen atoms in total. The van der Waals surface area contributed by atoms with E-state index in [1.165, 1.54) is 18.2 Å². The third-order valence-electron chi connectivity index (χ3n) is 8.78. The first kappa shape index (κ1) is 37.8. The molecular formula is C37H49N3O8S. The van der Waals surface area contributed by atoms with E-state index in [9.17, 15) is 28.2 Å². The van der Waals surface area contributed by atoms with Crippen molar-refractivity contribution in [3.05, 3.63) is 89.0 Å². The Hall–Kier alpha value is -3.97. The normalized spacial score (nSPS) is 20.2. The van der Waals surface area contributed by atoms with Crippen molar-refractivity contribution < 1.29 is 37.7 Å². The third-order valence-corrected chi connectivity index (χ3v) is 10.2. The Morgan fingerprint density at radius 3 is 2.41 bits per heavy atom. The molecule has 12 heteroatoms. The van der Waals surface area contributed by atoms with E-state index in [0.29, 0.717) is 25.4 Å². The number of rotatable bonds is 10. The minimum Gasteiger partial charge on any atom is -0.490 e. The number of carboxylic acids is 1. The fourth-order valence-electron chi connectivity index (χ4n) is 5.82. The number of hydrogen-bond acceptors (Lipinski definition) is 8. The average Bonchev–Trinajstić information content (AvgIpc) is 3.06. The number of likely N-dealkylation sites (N-methyl/N-ethyl adjacent to an activating group) is 1. The Morgan fingerprint density at radius 2 is 1.76 bits per heavy atom. The van der Waals surface area contributed by atoms with Gasteiger partial charge in [-0.2, -0.15) is 0 Å². The molecule has 0 fully saturated rings. The van der Waals surface area contributed by atoms with Crippen LogP contribution in [0.4, 0.5) is 5.69 Å². The van der Waals surface area contributed by atoms with Crippen LogP contribution in [0, 0.1) is 12.8 Å². The number of aromatic carboxylic acids is 1. The van der Waals surface area contributed by atoms with E-state index in [2.05, 4.69) is 9.62 Å². The number of ether oxygens (including phenoxy) is 2. The van der Waals surface area contributed by atoms with Crippen molar-refractivity contribution in [1.82, 2.24) is 9.80 Å². The maximum Gasteiger partial charge on any atom is 0.335 e. The topological polar surface area (TPSA) is 146 Å². The highest BCUT2D eigenvalue weighted by atomic mass is 32.2. The molecule has 0 bridgehead atoms. The first-order valence-electron chi connectivity index (χ1n) is 16.7. The number of benzene rings is 3. The molecule has 1 aliphatic rings. The van der Waals surface area contributed by atoms with Gasteiger partial charge in [-0.25, -0.2) is 13.2 Å². The van der Waals surface area contributed by atoms with Crippen LogP contribution in [0.3, 0.4) is 0 Å². The van der Waals surface area contributed by atoms with E-state index in [1.807, 2.05) is 27.8 Å². The van der Waals surface area contributed by atoms with Gasteiger partial charge in [-0.1, -0.05) is 36.8 Å². The fourth-order valence-corrected chi connectivity index (χ4v) is 6.87. The van der Waals surface area contributed by atoms with Crippen LogP contribution in [0.2, 0.25) is 0 Å². The van der Waals surface area contributed by atoms with E-state index >= 15 is 0 Å². The smallest absolute Gasteiger partial charge is 0.335 e. The molecular weight excluding hydrogens is 646 g/mol. The standard InChI is InChI=1S/C37H49N3O8S/c1-25-9-16-32(17-10-25)49(45,46)38-31-15-18-34-33(20-31)36(42)40(27(3)24-41)21-26(2)35(47-19-7-6-8-28(4)48-34)23-39(5)22-29-11-13-30(14-12-29)37(43)44/h9-18,20,26-28,35,38,41H,6-8,19,21-24H2,1-5H3,(H,43,44)/t26-,27+,28-,35+/m1/s1. The molecule has 0 radical (unpaired) electrons. The largest absolute Gasteiger partial charge is 0.490 e. The lowest BCUT2D eigenvalue weighted by Crippen LogP contribution is -2.47. The van der Waals surface area contributed by atoms with E-state index < -0.39 is 27.9 Å². The van der Waals surface area contributed by atoms with Gasteiger partial charge < -0.3 is 24.6 Å². The summed E-state index contributed by atoms with van der Waals surface area (Å²) in [6.07, 6.45) is 1.91. The quantitative estimate of drug-likeness (QED) is 0.253. The van der Waals surface area contributed by atoms with Gasteiger partial charge in [-0.15, -0.1) is 0 Å². The number of nitrogens with one attached hydrogen (secondary N) is 1. The molecule has 0 saturated carbocycles. The van der Waals surface area contributed by atoms with Gasteiger partial charge in [0.25, 0.3) is 15.9 Å². The molecule has 0 aromatic heterocycles. The predicted octanol–water partition coefficient (Wildman–Crippen LogP) is 5.42. The van der Waals surface area contributed by atoms with Crippen LogP contribution in [-0.2, 0) is 21.3 Å². The maximum atomic E-state index is 14.4. The van der Waals surface area contributed by atoms with Crippen LogP contribution in [0.15, 0.2) is 71.6 Å². The summed E-state index contributed by atoms with van der Waals surface area (Å²) in [5, 5.41) is 19.5. The Morgan fingerprint density at radius 1 is 1.06 bits per heavy atom. The summed E-state index contributed by atoms with van der Waals surface area (Å²) in [6, 6.07) is 17.5. The lowest BCUT2D eigenvalue weighted by molar-refractivity contribution is -0.0177. The van der Waals surface area contributed by atoms with Gasteiger partial charge in [0.05, 0.1) is 40.9 Å². The minimum absolute atomic E-state index is 0.104. The molecule has 3 aromatic carbocycles. The highest BCUT2D eigenvalue weighted by molar-refractivity contribution is 7.92. The lowest BCUT2D eigenvalue weighted by Gasteiger charge is -2.36. The molecule has 3 N–H and O–H groups in total. The van der Waals surface area contributed by atoms with Crippen molar-refractivity contribution in [2.75, 3.05) is 38.1 Å². The fraction of sp³-hybridized carbons (Fsp3) is 0.459. The van der Waals surface area contributed by atoms with Gasteiger partial charge in [0.15, 0.2) is 0 Å². The van der Waals surface area contributed by atoms with Crippen molar-refractivity contribution in [3.63, 3.8) is 0 Å². The van der Waals surface area contributed by atoms with E-state index in [1.54, 1.807) is 60.4 Å². The first-order chi connectivity index (χ1) is 23.3. The van der Waals surface area contributed by atoms with Crippen LogP contribution >= 0.6 is 0 Å². The SMILES string of the molecule is Cc1ccc(S(=O)(=O)Nc2ccc3c(c2)C(=O)N([C@@H](C)CO)C[C@@H](C)[C@H](CN(C)Cc2ccc(C(=O)O)cc2)OCCCC[C@@H](C)O3)cc1. The van der Waals surface area contributed by atoms with Crippen LogP contribution < -0.4 is 9.46 Å². The molecule has 0 aliphatic carbocycles. The summed E-state index contributed by atoms with van der Waals surface area (Å²) in [7, 11) is -1.96. The second-order valence-corrected chi connectivity index (χ2v) is 14.8. The van der Waals surface area contributed by atoms with Gasteiger partial charge in [0.1, 0.15) is 5.75 Å². The van der Waals surface area contributed by atoms with Gasteiger partial charge in [0, 0.05) is 37.8 Å². The number of nitrogens with zero attached hydrogens (tertiary/aromatic N) is 2. The Bertz CT molecular complexity index is 1660. The number of carboxylic acid groups (broad SMARTS) is 1. The Labute approximate surface area is 289 Å². The van der Waals surface area contributed by atoms with E-state index in [0.717, 1.165) is 30.4 Å². The van der Waals surface area contributed by atoms with Gasteiger partial charge in [-0.05, 0) is 95.1 Å². The zero-order valence-electron chi connectivity index (χ0n) is 29.0. The van der Waals surface area contributed by atoms with Gasteiger partial charge in [-0.3, -0.25) is 14.4 Å². The second kappa shape index (κ2) is 17.1. The molecule has 0 saturated heterocycles. The van der Waals surface area contributed by atoms with Gasteiger partial charge in [0.2, 0.25) is 0 Å². The highest BCUT2D eigenvalue weighted by Gasteiger charge is 2.31. The molecule has 49 heavy (non-hydrogen) atoms. The summed E-state index contributed by atoms with van der Waals surface area (Å²) in [5.41, 5.74) is 2.54. The molecule has 4 atom stereocenters. The van der Waals surface area contributed by atoms with Crippen LogP contribution in [0.1, 0.15) is 71.9 Å². The van der Waals surface area contributed by atoms with Crippen LogP contribution in [0.25, 0.3) is 0 Å². The van der Waals surface area contributed by atoms with Crippen molar-refractivity contribution >= 4 is 27.6 Å².